The Balaban J connectivity index is 2.07. The molecule has 1 aromatic heterocycles. The van der Waals surface area contributed by atoms with E-state index in [1.807, 2.05) is 19.9 Å². The van der Waals surface area contributed by atoms with E-state index in [-0.39, 0.29) is 12.0 Å². The molecule has 7 nitrogen and oxygen atoms in total. The lowest BCUT2D eigenvalue weighted by Crippen LogP contribution is -2.32. The first-order valence-corrected chi connectivity index (χ1v) is 7.55. The Hall–Kier alpha value is -3.14. The van der Waals surface area contributed by atoms with Crippen LogP contribution in [0.3, 0.4) is 0 Å². The highest BCUT2D eigenvalue weighted by atomic mass is 16.5. The summed E-state index contributed by atoms with van der Waals surface area (Å²) in [5.74, 6) is 1.37. The van der Waals surface area contributed by atoms with E-state index in [9.17, 15) is 4.79 Å². The Labute approximate surface area is 140 Å². The zero-order valence-corrected chi connectivity index (χ0v) is 13.8. The van der Waals surface area contributed by atoms with E-state index in [2.05, 4.69) is 20.6 Å². The van der Waals surface area contributed by atoms with Crippen LogP contribution in [0, 0.1) is 24.2 Å². The molecule has 0 bridgehead atoms. The molecule has 1 aromatic carbocycles. The average molecular weight is 325 g/mol. The maximum Gasteiger partial charge on any atom is 0.321 e. The number of rotatable bonds is 5. The van der Waals surface area contributed by atoms with Gasteiger partial charge in [0.1, 0.15) is 5.75 Å². The van der Waals surface area contributed by atoms with Crippen LogP contribution in [0.15, 0.2) is 30.3 Å². The number of carbonyl (C=O) groups is 1. The van der Waals surface area contributed by atoms with Gasteiger partial charge in [-0.05, 0) is 37.1 Å². The molecule has 0 fully saturated rings. The maximum atomic E-state index is 11.8. The molecule has 2 N–H and O–H groups in total. The number of benzene rings is 1. The second kappa shape index (κ2) is 7.92. The van der Waals surface area contributed by atoms with E-state index in [4.69, 9.17) is 10.00 Å². The van der Waals surface area contributed by atoms with Crippen molar-refractivity contribution in [2.24, 2.45) is 5.92 Å². The quantitative estimate of drug-likeness (QED) is 0.879. The summed E-state index contributed by atoms with van der Waals surface area (Å²) in [5.41, 5.74) is 1.21. The molecule has 7 heteroatoms. The standard InChI is InChI=1S/C17H19N5O2/c1-11(2)10-19-17(23)22-16-20-12(3)8-15(21-16)24-14-6-4-13(9-18)5-7-14/h4-8,11H,10H2,1-3H3,(H2,19,20,21,22,23). The van der Waals surface area contributed by atoms with Gasteiger partial charge >= 0.3 is 6.03 Å². The minimum Gasteiger partial charge on any atom is -0.439 e. The molecular weight excluding hydrogens is 306 g/mol. The second-order valence-electron chi connectivity index (χ2n) is 5.64. The first kappa shape index (κ1) is 17.2. The predicted octanol–water partition coefficient (Wildman–Crippen LogP) is 3.23. The molecule has 0 atom stereocenters. The van der Waals surface area contributed by atoms with Gasteiger partial charge in [-0.25, -0.2) is 9.78 Å². The minimum atomic E-state index is -0.362. The number of nitrogens with one attached hydrogen (secondary N) is 2. The first-order valence-electron chi connectivity index (χ1n) is 7.55. The number of hydrogen-bond donors (Lipinski definition) is 2. The molecule has 0 unspecified atom stereocenters. The third-order valence-electron chi connectivity index (χ3n) is 2.93. The number of urea groups is 1. The molecule has 0 aliphatic rings. The number of hydrogen-bond acceptors (Lipinski definition) is 5. The summed E-state index contributed by atoms with van der Waals surface area (Å²) >= 11 is 0. The summed E-state index contributed by atoms with van der Waals surface area (Å²) in [6.07, 6.45) is 0. The van der Waals surface area contributed by atoms with Gasteiger partial charge < -0.3 is 10.1 Å². The fourth-order valence-electron chi connectivity index (χ4n) is 1.81. The highest BCUT2D eigenvalue weighted by Crippen LogP contribution is 2.21. The number of ether oxygens (including phenoxy) is 1. The molecule has 0 saturated heterocycles. The van der Waals surface area contributed by atoms with Crippen LogP contribution in [0.25, 0.3) is 0 Å². The molecule has 2 aromatic rings. The average Bonchev–Trinajstić information content (AvgIpc) is 2.53. The van der Waals surface area contributed by atoms with Gasteiger partial charge in [0.15, 0.2) is 0 Å². The van der Waals surface area contributed by atoms with Crippen molar-refractivity contribution in [1.29, 1.82) is 5.26 Å². The highest BCUT2D eigenvalue weighted by molar-refractivity contribution is 5.87. The number of carbonyl (C=O) groups excluding carboxylic acids is 1. The summed E-state index contributed by atoms with van der Waals surface area (Å²) in [5, 5.41) is 14.1. The molecule has 0 spiro atoms. The molecule has 0 saturated carbocycles. The maximum absolute atomic E-state index is 11.8. The summed E-state index contributed by atoms with van der Waals surface area (Å²) in [6.45, 7) is 6.36. The summed E-state index contributed by atoms with van der Waals surface area (Å²) in [7, 11) is 0. The SMILES string of the molecule is Cc1cc(Oc2ccc(C#N)cc2)nc(NC(=O)NCC(C)C)n1. The molecule has 2 amide bonds. The van der Waals surface area contributed by atoms with Crippen molar-refractivity contribution >= 4 is 12.0 Å². The molecule has 0 aliphatic carbocycles. The lowest BCUT2D eigenvalue weighted by Gasteiger charge is -2.10. The van der Waals surface area contributed by atoms with Crippen molar-refractivity contribution in [2.75, 3.05) is 11.9 Å². The van der Waals surface area contributed by atoms with E-state index in [1.165, 1.54) is 0 Å². The number of aromatic nitrogens is 2. The fourth-order valence-corrected chi connectivity index (χ4v) is 1.81. The van der Waals surface area contributed by atoms with Gasteiger partial charge in [0, 0.05) is 18.3 Å². The van der Waals surface area contributed by atoms with E-state index in [0.29, 0.717) is 35.3 Å². The lowest BCUT2D eigenvalue weighted by molar-refractivity contribution is 0.250. The number of aryl methyl sites for hydroxylation is 1. The van der Waals surface area contributed by atoms with E-state index in [1.54, 1.807) is 37.3 Å². The number of amides is 2. The number of nitriles is 1. The Morgan fingerprint density at radius 3 is 2.62 bits per heavy atom. The van der Waals surface area contributed by atoms with Gasteiger partial charge in [-0.1, -0.05) is 13.8 Å². The molecule has 124 valence electrons. The van der Waals surface area contributed by atoms with Crippen LogP contribution in [0.5, 0.6) is 11.6 Å². The van der Waals surface area contributed by atoms with Gasteiger partial charge in [-0.3, -0.25) is 5.32 Å². The van der Waals surface area contributed by atoms with E-state index >= 15 is 0 Å². The van der Waals surface area contributed by atoms with Crippen LogP contribution in [0.2, 0.25) is 0 Å². The van der Waals surface area contributed by atoms with Gasteiger partial charge in [0.05, 0.1) is 11.6 Å². The normalized spacial score (nSPS) is 10.1. The summed E-state index contributed by atoms with van der Waals surface area (Å²) in [4.78, 5) is 20.1. The molecule has 24 heavy (non-hydrogen) atoms. The van der Waals surface area contributed by atoms with E-state index < -0.39 is 0 Å². The van der Waals surface area contributed by atoms with Crippen LogP contribution in [0.1, 0.15) is 25.1 Å². The van der Waals surface area contributed by atoms with Crippen molar-refractivity contribution in [2.45, 2.75) is 20.8 Å². The largest absolute Gasteiger partial charge is 0.439 e. The highest BCUT2D eigenvalue weighted by Gasteiger charge is 2.08. The Bertz CT molecular complexity index is 751. The minimum absolute atomic E-state index is 0.167. The molecule has 1 heterocycles. The van der Waals surface area contributed by atoms with Crippen LogP contribution in [-0.4, -0.2) is 22.5 Å². The van der Waals surface area contributed by atoms with Crippen molar-refractivity contribution < 1.29 is 9.53 Å². The fraction of sp³-hybridized carbons (Fsp3) is 0.294. The zero-order valence-electron chi connectivity index (χ0n) is 13.8. The third-order valence-corrected chi connectivity index (χ3v) is 2.93. The van der Waals surface area contributed by atoms with Crippen LogP contribution >= 0.6 is 0 Å². The van der Waals surface area contributed by atoms with Crippen LogP contribution < -0.4 is 15.4 Å². The van der Waals surface area contributed by atoms with Crippen LogP contribution in [-0.2, 0) is 0 Å². The van der Waals surface area contributed by atoms with Crippen LogP contribution in [0.4, 0.5) is 10.7 Å². The van der Waals surface area contributed by atoms with Gasteiger partial charge in [-0.15, -0.1) is 0 Å². The molecule has 0 aliphatic heterocycles. The molecule has 0 radical (unpaired) electrons. The third kappa shape index (κ3) is 5.25. The summed E-state index contributed by atoms with van der Waals surface area (Å²) in [6, 6.07) is 10.0. The van der Waals surface area contributed by atoms with Gasteiger partial charge in [0.25, 0.3) is 0 Å². The lowest BCUT2D eigenvalue weighted by atomic mass is 10.2. The van der Waals surface area contributed by atoms with E-state index in [0.717, 1.165) is 0 Å². The van der Waals surface area contributed by atoms with Crippen molar-refractivity contribution in [3.8, 4) is 17.7 Å². The number of nitrogens with zero attached hydrogens (tertiary/aromatic N) is 3. The Kier molecular flexibility index (Phi) is 5.68. The number of anilines is 1. The molecule has 2 rings (SSSR count). The predicted molar refractivity (Wildman–Crippen MR) is 89.9 cm³/mol. The molecular formula is C17H19N5O2. The Morgan fingerprint density at radius 1 is 1.29 bits per heavy atom. The van der Waals surface area contributed by atoms with Gasteiger partial charge in [0.2, 0.25) is 11.8 Å². The monoisotopic (exact) mass is 325 g/mol. The van der Waals surface area contributed by atoms with Crippen molar-refractivity contribution in [3.63, 3.8) is 0 Å². The Morgan fingerprint density at radius 2 is 2.00 bits per heavy atom. The zero-order chi connectivity index (χ0) is 17.5. The summed E-state index contributed by atoms with van der Waals surface area (Å²) < 4.78 is 5.65. The first-order chi connectivity index (χ1) is 11.5. The van der Waals surface area contributed by atoms with Crippen molar-refractivity contribution in [1.82, 2.24) is 15.3 Å². The van der Waals surface area contributed by atoms with Gasteiger partial charge in [-0.2, -0.15) is 10.2 Å². The van der Waals surface area contributed by atoms with Crippen molar-refractivity contribution in [3.05, 3.63) is 41.6 Å². The second-order valence-corrected chi connectivity index (χ2v) is 5.64. The smallest absolute Gasteiger partial charge is 0.321 e. The topological polar surface area (TPSA) is 99.9 Å².